The normalized spacial score (nSPS) is 14.4. The molecule has 0 saturated heterocycles. The molecule has 0 radical (unpaired) electrons. The van der Waals surface area contributed by atoms with E-state index in [4.69, 9.17) is 9.84 Å². The lowest BCUT2D eigenvalue weighted by molar-refractivity contribution is -0.141. The third-order valence-corrected chi connectivity index (χ3v) is 3.40. The van der Waals surface area contributed by atoms with E-state index in [2.05, 4.69) is 5.32 Å². The van der Waals surface area contributed by atoms with Gasteiger partial charge in [0.15, 0.2) is 0 Å². The maximum atomic E-state index is 12.8. The second kappa shape index (κ2) is 8.03. The summed E-state index contributed by atoms with van der Waals surface area (Å²) in [4.78, 5) is 11.1. The van der Waals surface area contributed by atoms with Gasteiger partial charge in [0.05, 0.1) is 5.56 Å². The minimum Gasteiger partial charge on any atom is -0.492 e. The van der Waals surface area contributed by atoms with Crippen molar-refractivity contribution >= 4 is 5.97 Å². The van der Waals surface area contributed by atoms with Crippen LogP contribution in [0.2, 0.25) is 0 Å². The maximum Gasteiger partial charge on any atom is 0.419 e. The maximum absolute atomic E-state index is 12.8. The molecular weight excluding hydrogens is 299 g/mol. The van der Waals surface area contributed by atoms with Crippen LogP contribution in [0.4, 0.5) is 13.2 Å². The fourth-order valence-electron chi connectivity index (χ4n) is 1.97. The van der Waals surface area contributed by atoms with E-state index < -0.39 is 23.8 Å². The number of alkyl halides is 3. The number of halogens is 3. The lowest BCUT2D eigenvalue weighted by Gasteiger charge is -2.20. The largest absolute Gasteiger partial charge is 0.492 e. The van der Waals surface area contributed by atoms with Crippen LogP contribution in [0.1, 0.15) is 25.8 Å². The zero-order chi connectivity index (χ0) is 16.8. The quantitative estimate of drug-likeness (QED) is 0.723. The summed E-state index contributed by atoms with van der Waals surface area (Å²) in [6.07, 6.45) is -3.80. The number of hydrogen-bond donors (Lipinski definition) is 2. The summed E-state index contributed by atoms with van der Waals surface area (Å²) >= 11 is 0. The fourth-order valence-corrected chi connectivity index (χ4v) is 1.97. The molecular formula is C15H20F3NO3. The van der Waals surface area contributed by atoms with E-state index in [-0.39, 0.29) is 24.8 Å². The van der Waals surface area contributed by atoms with Crippen molar-refractivity contribution in [2.45, 2.75) is 32.5 Å². The molecule has 0 aliphatic carbocycles. The van der Waals surface area contributed by atoms with Crippen LogP contribution >= 0.6 is 0 Å². The Morgan fingerprint density at radius 3 is 2.55 bits per heavy atom. The van der Waals surface area contributed by atoms with Crippen LogP contribution in [0.15, 0.2) is 24.3 Å². The van der Waals surface area contributed by atoms with Gasteiger partial charge in [0.25, 0.3) is 0 Å². The average Bonchev–Trinajstić information content (AvgIpc) is 2.45. The molecule has 0 aliphatic rings. The number of carboxylic acids is 1. The van der Waals surface area contributed by atoms with Crippen LogP contribution in [0.5, 0.6) is 5.75 Å². The highest BCUT2D eigenvalue weighted by molar-refractivity contribution is 5.73. The van der Waals surface area contributed by atoms with E-state index >= 15 is 0 Å². The van der Waals surface area contributed by atoms with Crippen molar-refractivity contribution in [1.29, 1.82) is 0 Å². The molecule has 22 heavy (non-hydrogen) atoms. The van der Waals surface area contributed by atoms with Gasteiger partial charge in [-0.3, -0.25) is 4.79 Å². The average molecular weight is 319 g/mol. The minimum absolute atomic E-state index is 0.0483. The van der Waals surface area contributed by atoms with Crippen molar-refractivity contribution in [3.8, 4) is 5.75 Å². The van der Waals surface area contributed by atoms with Gasteiger partial charge in [0, 0.05) is 6.54 Å². The van der Waals surface area contributed by atoms with Crippen molar-refractivity contribution in [1.82, 2.24) is 5.32 Å². The standard InChI is InChI=1S/C15H20F3NO3/c1-3-10(2)13(14(20)21)19-8-9-22-12-7-5-4-6-11(12)15(16,17)18/h4-7,10,13,19H,3,8-9H2,1-2H3,(H,20,21)/t10-,13-/m0/s1. The van der Waals surface area contributed by atoms with Crippen molar-refractivity contribution in [2.75, 3.05) is 13.2 Å². The van der Waals surface area contributed by atoms with Gasteiger partial charge in [0.2, 0.25) is 0 Å². The highest BCUT2D eigenvalue weighted by Gasteiger charge is 2.34. The number of nitrogens with one attached hydrogen (secondary N) is 1. The van der Waals surface area contributed by atoms with Gasteiger partial charge in [-0.15, -0.1) is 0 Å². The van der Waals surface area contributed by atoms with Crippen LogP contribution in [0.25, 0.3) is 0 Å². The summed E-state index contributed by atoms with van der Waals surface area (Å²) in [6.45, 7) is 3.77. The molecule has 0 spiro atoms. The van der Waals surface area contributed by atoms with Crippen LogP contribution in [0.3, 0.4) is 0 Å². The number of ether oxygens (including phenoxy) is 1. The number of aliphatic carboxylic acids is 1. The predicted octanol–water partition coefficient (Wildman–Crippen LogP) is 3.17. The molecule has 0 aromatic heterocycles. The molecule has 0 saturated carbocycles. The minimum atomic E-state index is -4.48. The van der Waals surface area contributed by atoms with Crippen molar-refractivity contribution in [3.05, 3.63) is 29.8 Å². The first kappa shape index (κ1) is 18.3. The molecule has 0 amide bonds. The molecule has 7 heteroatoms. The molecule has 1 aromatic carbocycles. The van der Waals surface area contributed by atoms with Gasteiger partial charge in [0.1, 0.15) is 18.4 Å². The molecule has 0 aliphatic heterocycles. The summed E-state index contributed by atoms with van der Waals surface area (Å²) < 4.78 is 43.4. The molecule has 0 fully saturated rings. The Bertz CT molecular complexity index is 491. The van der Waals surface area contributed by atoms with E-state index in [0.717, 1.165) is 6.07 Å². The van der Waals surface area contributed by atoms with E-state index in [1.165, 1.54) is 18.2 Å². The number of hydrogen-bond acceptors (Lipinski definition) is 3. The highest BCUT2D eigenvalue weighted by Crippen LogP contribution is 2.35. The lowest BCUT2D eigenvalue weighted by atomic mass is 9.99. The molecule has 1 rings (SSSR count). The third kappa shape index (κ3) is 5.22. The van der Waals surface area contributed by atoms with Gasteiger partial charge < -0.3 is 15.2 Å². The number of carboxylic acid groups (broad SMARTS) is 1. The summed E-state index contributed by atoms with van der Waals surface area (Å²) in [5.41, 5.74) is -0.841. The second-order valence-electron chi connectivity index (χ2n) is 5.00. The molecule has 0 unspecified atom stereocenters. The molecule has 2 atom stereocenters. The van der Waals surface area contributed by atoms with Gasteiger partial charge in [-0.25, -0.2) is 0 Å². The molecule has 2 N–H and O–H groups in total. The predicted molar refractivity (Wildman–Crippen MR) is 75.8 cm³/mol. The molecule has 0 heterocycles. The Kier molecular flexibility index (Phi) is 6.67. The molecule has 0 bridgehead atoms. The fraction of sp³-hybridized carbons (Fsp3) is 0.533. The molecule has 1 aromatic rings. The Balaban J connectivity index is 2.56. The van der Waals surface area contributed by atoms with Crippen LogP contribution < -0.4 is 10.1 Å². The summed E-state index contributed by atoms with van der Waals surface area (Å²) in [5.74, 6) is -1.32. The Morgan fingerprint density at radius 2 is 2.00 bits per heavy atom. The zero-order valence-corrected chi connectivity index (χ0v) is 12.5. The SMILES string of the molecule is CC[C@H](C)[C@H](NCCOc1ccccc1C(F)(F)F)C(=O)O. The second-order valence-corrected chi connectivity index (χ2v) is 5.00. The third-order valence-electron chi connectivity index (χ3n) is 3.40. The van der Waals surface area contributed by atoms with E-state index in [9.17, 15) is 18.0 Å². The van der Waals surface area contributed by atoms with Gasteiger partial charge in [-0.2, -0.15) is 13.2 Å². The topological polar surface area (TPSA) is 58.6 Å². The van der Waals surface area contributed by atoms with Crippen molar-refractivity contribution in [3.63, 3.8) is 0 Å². The highest BCUT2D eigenvalue weighted by atomic mass is 19.4. The Hall–Kier alpha value is -1.76. The number of carbonyl (C=O) groups is 1. The smallest absolute Gasteiger partial charge is 0.419 e. The Morgan fingerprint density at radius 1 is 1.36 bits per heavy atom. The lowest BCUT2D eigenvalue weighted by Crippen LogP contribution is -2.43. The number of rotatable bonds is 8. The van der Waals surface area contributed by atoms with E-state index in [1.807, 2.05) is 6.92 Å². The van der Waals surface area contributed by atoms with E-state index in [0.29, 0.717) is 6.42 Å². The Labute approximate surface area is 127 Å². The summed E-state index contributed by atoms with van der Waals surface area (Å²) in [7, 11) is 0. The van der Waals surface area contributed by atoms with E-state index in [1.54, 1.807) is 6.92 Å². The summed E-state index contributed by atoms with van der Waals surface area (Å²) in [6, 6.07) is 4.19. The number of benzene rings is 1. The van der Waals surface area contributed by atoms with Crippen molar-refractivity contribution in [2.24, 2.45) is 5.92 Å². The monoisotopic (exact) mass is 319 g/mol. The van der Waals surface area contributed by atoms with Crippen LogP contribution in [0, 0.1) is 5.92 Å². The molecule has 124 valence electrons. The number of para-hydroxylation sites is 1. The first-order chi connectivity index (χ1) is 10.3. The zero-order valence-electron chi connectivity index (χ0n) is 12.5. The van der Waals surface area contributed by atoms with Crippen molar-refractivity contribution < 1.29 is 27.8 Å². The van der Waals surface area contributed by atoms with Gasteiger partial charge >= 0.3 is 12.1 Å². The van der Waals surface area contributed by atoms with Gasteiger partial charge in [-0.1, -0.05) is 32.4 Å². The summed E-state index contributed by atoms with van der Waals surface area (Å²) in [5, 5.41) is 11.9. The first-order valence-electron chi connectivity index (χ1n) is 7.02. The van der Waals surface area contributed by atoms with Crippen LogP contribution in [-0.4, -0.2) is 30.3 Å². The molecule has 4 nitrogen and oxygen atoms in total. The first-order valence-corrected chi connectivity index (χ1v) is 7.02. The van der Waals surface area contributed by atoms with Crippen LogP contribution in [-0.2, 0) is 11.0 Å². The van der Waals surface area contributed by atoms with Gasteiger partial charge in [-0.05, 0) is 18.1 Å².